The maximum Gasteiger partial charge on any atom is 0.328 e. The average molecular weight is 180 g/mol. The van der Waals surface area contributed by atoms with Crippen molar-refractivity contribution >= 4 is 11.8 Å². The van der Waals surface area contributed by atoms with Crippen LogP contribution in [0.15, 0.2) is 36.0 Å². The molecule has 1 atom stereocenters. The van der Waals surface area contributed by atoms with Crippen molar-refractivity contribution in [3.05, 3.63) is 36.0 Å². The van der Waals surface area contributed by atoms with Crippen molar-refractivity contribution in [1.29, 1.82) is 0 Å². The van der Waals surface area contributed by atoms with Crippen molar-refractivity contribution in [2.45, 2.75) is 6.10 Å². The highest BCUT2D eigenvalue weighted by Crippen LogP contribution is 2.08. The number of carboxylic acids is 1. The first-order chi connectivity index (χ1) is 6.09. The van der Waals surface area contributed by atoms with E-state index in [-0.39, 0.29) is 0 Å². The zero-order chi connectivity index (χ0) is 9.84. The van der Waals surface area contributed by atoms with E-state index < -0.39 is 17.9 Å². The second-order valence-corrected chi connectivity index (χ2v) is 2.52. The van der Waals surface area contributed by atoms with Gasteiger partial charge in [0.25, 0.3) is 0 Å². The normalized spacial score (nSPS) is 22.1. The number of carbonyl (C=O) groups excluding carboxylic acids is 1. The predicted octanol–water partition coefficient (Wildman–Crippen LogP) is 0.0534. The van der Waals surface area contributed by atoms with Gasteiger partial charge < -0.3 is 10.2 Å². The molecule has 0 spiro atoms. The van der Waals surface area contributed by atoms with Crippen molar-refractivity contribution in [1.82, 2.24) is 0 Å². The van der Waals surface area contributed by atoms with E-state index in [1.165, 1.54) is 24.3 Å². The number of aliphatic hydroxyl groups excluding tert-OH is 1. The fourth-order valence-electron chi connectivity index (χ4n) is 0.866. The van der Waals surface area contributed by atoms with Crippen molar-refractivity contribution < 1.29 is 19.8 Å². The van der Waals surface area contributed by atoms with Crippen LogP contribution in [0.25, 0.3) is 0 Å². The van der Waals surface area contributed by atoms with Gasteiger partial charge in [-0.3, -0.25) is 4.79 Å². The molecule has 0 saturated heterocycles. The average Bonchev–Trinajstić information content (AvgIpc) is 2.07. The van der Waals surface area contributed by atoms with Gasteiger partial charge in [-0.05, 0) is 23.8 Å². The number of carbonyl (C=O) groups is 2. The van der Waals surface area contributed by atoms with Gasteiger partial charge in [-0.1, -0.05) is 6.08 Å². The maximum atomic E-state index is 10.9. The van der Waals surface area contributed by atoms with Crippen molar-refractivity contribution in [3.63, 3.8) is 0 Å². The lowest BCUT2D eigenvalue weighted by atomic mass is 10.0. The zero-order valence-electron chi connectivity index (χ0n) is 6.68. The van der Waals surface area contributed by atoms with E-state index in [0.717, 1.165) is 6.08 Å². The van der Waals surface area contributed by atoms with Crippen LogP contribution in [0.2, 0.25) is 0 Å². The van der Waals surface area contributed by atoms with Crippen molar-refractivity contribution in [2.75, 3.05) is 0 Å². The summed E-state index contributed by atoms with van der Waals surface area (Å²) in [5, 5.41) is 17.2. The highest BCUT2D eigenvalue weighted by Gasteiger charge is 2.12. The first-order valence-corrected chi connectivity index (χ1v) is 3.62. The van der Waals surface area contributed by atoms with E-state index in [0.29, 0.717) is 5.57 Å². The lowest BCUT2D eigenvalue weighted by Gasteiger charge is -2.06. The summed E-state index contributed by atoms with van der Waals surface area (Å²) in [5.74, 6) is -1.51. The number of allylic oxidation sites excluding steroid dienone is 3. The van der Waals surface area contributed by atoms with Gasteiger partial charge in [0.1, 0.15) is 6.10 Å². The van der Waals surface area contributed by atoms with E-state index in [1.54, 1.807) is 0 Å². The summed E-state index contributed by atoms with van der Waals surface area (Å²) in [4.78, 5) is 21.0. The van der Waals surface area contributed by atoms with Gasteiger partial charge in [-0.2, -0.15) is 0 Å². The molecule has 0 bridgehead atoms. The lowest BCUT2D eigenvalue weighted by Crippen LogP contribution is -2.17. The minimum absolute atomic E-state index is 0.437. The molecule has 0 saturated carbocycles. The summed E-state index contributed by atoms with van der Waals surface area (Å²) in [5.41, 5.74) is 0.470. The van der Waals surface area contributed by atoms with Gasteiger partial charge >= 0.3 is 5.97 Å². The molecule has 0 amide bonds. The second kappa shape index (κ2) is 3.82. The molecule has 13 heavy (non-hydrogen) atoms. The standard InChI is InChI=1S/C9H8O4/c10-7-3-1-6(5-8(7)11)2-4-9(12)13/h1-5,7,10H,(H,12,13). The molecule has 0 aromatic rings. The van der Waals surface area contributed by atoms with Crippen LogP contribution in [0, 0.1) is 0 Å². The molecule has 0 radical (unpaired) electrons. The highest BCUT2D eigenvalue weighted by atomic mass is 16.4. The first-order valence-electron chi connectivity index (χ1n) is 3.62. The van der Waals surface area contributed by atoms with Crippen LogP contribution in [0.3, 0.4) is 0 Å². The second-order valence-electron chi connectivity index (χ2n) is 2.52. The topological polar surface area (TPSA) is 74.6 Å². The number of aliphatic carboxylic acids is 1. The molecule has 0 aromatic heterocycles. The van der Waals surface area contributed by atoms with Gasteiger partial charge in [0.15, 0.2) is 5.78 Å². The molecule has 1 rings (SSSR count). The largest absolute Gasteiger partial charge is 0.478 e. The monoisotopic (exact) mass is 180 g/mol. The van der Waals surface area contributed by atoms with Gasteiger partial charge in [0.2, 0.25) is 0 Å². The Balaban J connectivity index is 2.74. The SMILES string of the molecule is O=C(O)C=CC1=CC(=O)C(O)C=C1. The fourth-order valence-corrected chi connectivity index (χ4v) is 0.866. The molecule has 4 nitrogen and oxygen atoms in total. The Morgan fingerprint density at radius 2 is 2.23 bits per heavy atom. The van der Waals surface area contributed by atoms with Crippen LogP contribution in [-0.4, -0.2) is 28.1 Å². The minimum Gasteiger partial charge on any atom is -0.478 e. The molecule has 0 aromatic carbocycles. The molecular formula is C9H8O4. The number of aliphatic hydroxyl groups is 1. The van der Waals surface area contributed by atoms with Crippen LogP contribution in [0.5, 0.6) is 0 Å². The van der Waals surface area contributed by atoms with Crippen molar-refractivity contribution in [2.24, 2.45) is 0 Å². The molecular weight excluding hydrogens is 172 g/mol. The Morgan fingerprint density at radius 3 is 2.77 bits per heavy atom. The van der Waals surface area contributed by atoms with Crippen LogP contribution >= 0.6 is 0 Å². The lowest BCUT2D eigenvalue weighted by molar-refractivity contribution is -0.131. The van der Waals surface area contributed by atoms with Crippen molar-refractivity contribution in [3.8, 4) is 0 Å². The molecule has 0 aliphatic heterocycles. The van der Waals surface area contributed by atoms with Crippen LogP contribution in [0.1, 0.15) is 0 Å². The Labute approximate surface area is 74.5 Å². The summed E-state index contributed by atoms with van der Waals surface area (Å²) >= 11 is 0. The smallest absolute Gasteiger partial charge is 0.328 e. The molecule has 2 N–H and O–H groups in total. The number of hydrogen-bond donors (Lipinski definition) is 2. The van der Waals surface area contributed by atoms with Crippen LogP contribution in [0.4, 0.5) is 0 Å². The third-order valence-corrected chi connectivity index (χ3v) is 1.49. The Hall–Kier alpha value is -1.68. The van der Waals surface area contributed by atoms with Crippen LogP contribution in [-0.2, 0) is 9.59 Å². The number of hydrogen-bond acceptors (Lipinski definition) is 3. The van der Waals surface area contributed by atoms with E-state index in [1.807, 2.05) is 0 Å². The molecule has 0 heterocycles. The predicted molar refractivity (Wildman–Crippen MR) is 45.0 cm³/mol. The quantitative estimate of drug-likeness (QED) is 0.589. The van der Waals surface area contributed by atoms with Crippen LogP contribution < -0.4 is 0 Å². The summed E-state index contributed by atoms with van der Waals surface area (Å²) in [7, 11) is 0. The first kappa shape index (κ1) is 9.41. The third kappa shape index (κ3) is 2.68. The summed E-state index contributed by atoms with van der Waals surface area (Å²) in [6.45, 7) is 0. The zero-order valence-corrected chi connectivity index (χ0v) is 6.68. The number of rotatable bonds is 2. The minimum atomic E-state index is -1.10. The Bertz CT molecular complexity index is 323. The molecule has 4 heteroatoms. The molecule has 0 fully saturated rings. The Kier molecular flexibility index (Phi) is 2.76. The van der Waals surface area contributed by atoms with E-state index >= 15 is 0 Å². The summed E-state index contributed by atoms with van der Waals surface area (Å²) in [6, 6.07) is 0. The third-order valence-electron chi connectivity index (χ3n) is 1.49. The van der Waals surface area contributed by atoms with E-state index in [9.17, 15) is 9.59 Å². The fraction of sp³-hybridized carbons (Fsp3) is 0.111. The molecule has 68 valence electrons. The molecule has 1 unspecified atom stereocenters. The van der Waals surface area contributed by atoms with Gasteiger partial charge in [-0.25, -0.2) is 4.79 Å². The number of ketones is 1. The molecule has 1 aliphatic carbocycles. The summed E-state index contributed by atoms with van der Waals surface area (Å²) < 4.78 is 0. The van der Waals surface area contributed by atoms with Gasteiger partial charge in [0, 0.05) is 6.08 Å². The summed E-state index contributed by atoms with van der Waals surface area (Å²) in [6.07, 6.45) is 5.13. The highest BCUT2D eigenvalue weighted by molar-refractivity contribution is 5.97. The number of carboxylic acid groups (broad SMARTS) is 1. The van der Waals surface area contributed by atoms with E-state index in [2.05, 4.69) is 0 Å². The maximum absolute atomic E-state index is 10.9. The van der Waals surface area contributed by atoms with E-state index in [4.69, 9.17) is 10.2 Å². The van der Waals surface area contributed by atoms with Gasteiger partial charge in [-0.15, -0.1) is 0 Å². The molecule has 1 aliphatic rings. The Morgan fingerprint density at radius 1 is 1.54 bits per heavy atom. The van der Waals surface area contributed by atoms with Gasteiger partial charge in [0.05, 0.1) is 0 Å².